The first-order chi connectivity index (χ1) is 9.56. The van der Waals surface area contributed by atoms with Crippen LogP contribution in [0.5, 0.6) is 0 Å². The standard InChI is InChI=1S/C14H19N3O3/c1-9(18)17-11-4-2-10(3-5-11)6-16-14(19)12-7-20-8-13(12)15/h2-5,12-13H,6-8,15H2,1H3,(H,16,19)(H,17,18). The van der Waals surface area contributed by atoms with Crippen LogP contribution >= 0.6 is 0 Å². The lowest BCUT2D eigenvalue weighted by Crippen LogP contribution is -2.40. The number of rotatable bonds is 4. The smallest absolute Gasteiger partial charge is 0.227 e. The molecule has 1 aliphatic heterocycles. The highest BCUT2D eigenvalue weighted by Gasteiger charge is 2.30. The number of amides is 2. The highest BCUT2D eigenvalue weighted by atomic mass is 16.5. The fourth-order valence-corrected chi connectivity index (χ4v) is 2.07. The van der Waals surface area contributed by atoms with Gasteiger partial charge in [-0.2, -0.15) is 0 Å². The molecule has 0 radical (unpaired) electrons. The maximum Gasteiger partial charge on any atom is 0.227 e. The maximum atomic E-state index is 11.9. The molecular weight excluding hydrogens is 258 g/mol. The largest absolute Gasteiger partial charge is 0.379 e. The van der Waals surface area contributed by atoms with Gasteiger partial charge in [0.2, 0.25) is 11.8 Å². The second kappa shape index (κ2) is 6.49. The summed E-state index contributed by atoms with van der Waals surface area (Å²) in [4.78, 5) is 22.8. The Bertz CT molecular complexity index is 487. The molecule has 1 aromatic carbocycles. The highest BCUT2D eigenvalue weighted by Crippen LogP contribution is 2.13. The second-order valence-corrected chi connectivity index (χ2v) is 4.90. The van der Waals surface area contributed by atoms with Crippen molar-refractivity contribution in [3.8, 4) is 0 Å². The lowest BCUT2D eigenvalue weighted by atomic mass is 10.0. The van der Waals surface area contributed by atoms with Crippen molar-refractivity contribution in [3.05, 3.63) is 29.8 Å². The van der Waals surface area contributed by atoms with Gasteiger partial charge in [0.25, 0.3) is 0 Å². The number of hydrogen-bond acceptors (Lipinski definition) is 4. The molecule has 1 heterocycles. The summed E-state index contributed by atoms with van der Waals surface area (Å²) in [6, 6.07) is 7.09. The Hall–Kier alpha value is -1.92. The number of hydrogen-bond donors (Lipinski definition) is 3. The summed E-state index contributed by atoms with van der Waals surface area (Å²) in [5.41, 5.74) is 7.48. The average molecular weight is 277 g/mol. The zero-order chi connectivity index (χ0) is 14.5. The molecule has 20 heavy (non-hydrogen) atoms. The number of nitrogens with two attached hydrogens (primary N) is 1. The molecule has 1 aromatic rings. The normalized spacial score (nSPS) is 21.5. The zero-order valence-electron chi connectivity index (χ0n) is 11.4. The summed E-state index contributed by atoms with van der Waals surface area (Å²) in [6.45, 7) is 2.71. The Morgan fingerprint density at radius 2 is 2.00 bits per heavy atom. The van der Waals surface area contributed by atoms with E-state index in [1.165, 1.54) is 6.92 Å². The number of anilines is 1. The molecule has 108 valence electrons. The molecule has 4 N–H and O–H groups in total. The Morgan fingerprint density at radius 1 is 1.30 bits per heavy atom. The van der Waals surface area contributed by atoms with Crippen LogP contribution in [0.4, 0.5) is 5.69 Å². The van der Waals surface area contributed by atoms with Crippen molar-refractivity contribution < 1.29 is 14.3 Å². The van der Waals surface area contributed by atoms with Gasteiger partial charge in [-0.05, 0) is 17.7 Å². The van der Waals surface area contributed by atoms with Gasteiger partial charge in [0.05, 0.1) is 19.1 Å². The van der Waals surface area contributed by atoms with Gasteiger partial charge < -0.3 is 21.1 Å². The van der Waals surface area contributed by atoms with Gasteiger partial charge >= 0.3 is 0 Å². The molecule has 0 bridgehead atoms. The number of carbonyl (C=O) groups excluding carboxylic acids is 2. The van der Waals surface area contributed by atoms with Gasteiger partial charge in [0.1, 0.15) is 0 Å². The van der Waals surface area contributed by atoms with Crippen LogP contribution in [0.25, 0.3) is 0 Å². The van der Waals surface area contributed by atoms with Crippen LogP contribution in [-0.2, 0) is 20.9 Å². The summed E-state index contributed by atoms with van der Waals surface area (Å²) in [5, 5.41) is 5.53. The van der Waals surface area contributed by atoms with E-state index in [2.05, 4.69) is 10.6 Å². The van der Waals surface area contributed by atoms with E-state index in [0.717, 1.165) is 11.3 Å². The topological polar surface area (TPSA) is 93.5 Å². The van der Waals surface area contributed by atoms with E-state index in [1.54, 1.807) is 12.1 Å². The van der Waals surface area contributed by atoms with Gasteiger partial charge in [0.15, 0.2) is 0 Å². The van der Waals surface area contributed by atoms with Crippen LogP contribution in [0.15, 0.2) is 24.3 Å². The molecule has 1 fully saturated rings. The minimum atomic E-state index is -0.270. The monoisotopic (exact) mass is 277 g/mol. The summed E-state index contributed by atoms with van der Waals surface area (Å²) >= 11 is 0. The summed E-state index contributed by atoms with van der Waals surface area (Å²) in [5.74, 6) is -0.462. The van der Waals surface area contributed by atoms with E-state index in [-0.39, 0.29) is 23.8 Å². The quantitative estimate of drug-likeness (QED) is 0.734. The maximum absolute atomic E-state index is 11.9. The molecule has 0 saturated carbocycles. The summed E-state index contributed by atoms with van der Waals surface area (Å²) < 4.78 is 5.17. The Balaban J connectivity index is 1.84. The molecule has 6 nitrogen and oxygen atoms in total. The first-order valence-electron chi connectivity index (χ1n) is 6.54. The summed E-state index contributed by atoms with van der Waals surface area (Å²) in [7, 11) is 0. The fraction of sp³-hybridized carbons (Fsp3) is 0.429. The molecule has 2 atom stereocenters. The predicted octanol–water partition coefficient (Wildman–Crippen LogP) is 0.235. The Labute approximate surface area is 117 Å². The minimum absolute atomic E-state index is 0.0825. The number of carbonyl (C=O) groups is 2. The van der Waals surface area contributed by atoms with Crippen molar-refractivity contribution in [2.24, 2.45) is 11.7 Å². The van der Waals surface area contributed by atoms with Crippen LogP contribution in [0.1, 0.15) is 12.5 Å². The Morgan fingerprint density at radius 3 is 2.55 bits per heavy atom. The van der Waals surface area contributed by atoms with Crippen molar-refractivity contribution >= 4 is 17.5 Å². The molecule has 0 aliphatic carbocycles. The number of benzene rings is 1. The van der Waals surface area contributed by atoms with Crippen molar-refractivity contribution in [3.63, 3.8) is 0 Å². The van der Waals surface area contributed by atoms with Crippen molar-refractivity contribution in [1.82, 2.24) is 5.32 Å². The third-order valence-corrected chi connectivity index (χ3v) is 3.20. The molecule has 2 rings (SSSR count). The van der Waals surface area contributed by atoms with Crippen LogP contribution < -0.4 is 16.4 Å². The molecular formula is C14H19N3O3. The second-order valence-electron chi connectivity index (χ2n) is 4.90. The molecule has 0 spiro atoms. The highest BCUT2D eigenvalue weighted by molar-refractivity contribution is 5.88. The lowest BCUT2D eigenvalue weighted by molar-refractivity contribution is -0.125. The van der Waals surface area contributed by atoms with Crippen LogP contribution in [0.3, 0.4) is 0 Å². The number of nitrogens with one attached hydrogen (secondary N) is 2. The van der Waals surface area contributed by atoms with Crippen molar-refractivity contribution in [2.75, 3.05) is 18.5 Å². The van der Waals surface area contributed by atoms with E-state index >= 15 is 0 Å². The van der Waals surface area contributed by atoms with E-state index in [9.17, 15) is 9.59 Å². The molecule has 2 amide bonds. The zero-order valence-corrected chi connectivity index (χ0v) is 11.4. The fourth-order valence-electron chi connectivity index (χ4n) is 2.07. The van der Waals surface area contributed by atoms with E-state index in [1.807, 2.05) is 12.1 Å². The average Bonchev–Trinajstić information content (AvgIpc) is 2.83. The van der Waals surface area contributed by atoms with Gasteiger partial charge in [-0.3, -0.25) is 9.59 Å². The molecule has 0 aromatic heterocycles. The first kappa shape index (κ1) is 14.5. The van der Waals surface area contributed by atoms with Gasteiger partial charge in [-0.1, -0.05) is 12.1 Å². The van der Waals surface area contributed by atoms with Crippen molar-refractivity contribution in [2.45, 2.75) is 19.5 Å². The first-order valence-corrected chi connectivity index (χ1v) is 6.54. The van der Waals surface area contributed by atoms with Crippen molar-refractivity contribution in [1.29, 1.82) is 0 Å². The third kappa shape index (κ3) is 3.79. The molecule has 2 unspecified atom stereocenters. The summed E-state index contributed by atoms with van der Waals surface area (Å²) in [6.07, 6.45) is 0. The third-order valence-electron chi connectivity index (χ3n) is 3.20. The van der Waals surface area contributed by atoms with Crippen LogP contribution in [0.2, 0.25) is 0 Å². The SMILES string of the molecule is CC(=O)Nc1ccc(CNC(=O)C2COCC2N)cc1. The minimum Gasteiger partial charge on any atom is -0.379 e. The number of ether oxygens (including phenoxy) is 1. The van der Waals surface area contributed by atoms with E-state index in [4.69, 9.17) is 10.5 Å². The molecule has 6 heteroatoms. The van der Waals surface area contributed by atoms with Gasteiger partial charge in [-0.15, -0.1) is 0 Å². The van der Waals surface area contributed by atoms with Crippen LogP contribution in [-0.4, -0.2) is 31.1 Å². The predicted molar refractivity (Wildman–Crippen MR) is 74.9 cm³/mol. The lowest BCUT2D eigenvalue weighted by Gasteiger charge is -2.13. The van der Waals surface area contributed by atoms with E-state index < -0.39 is 0 Å². The van der Waals surface area contributed by atoms with Gasteiger partial charge in [0, 0.05) is 25.2 Å². The van der Waals surface area contributed by atoms with Crippen LogP contribution in [0, 0.1) is 5.92 Å². The Kier molecular flexibility index (Phi) is 4.70. The molecule has 1 saturated heterocycles. The molecule has 1 aliphatic rings. The van der Waals surface area contributed by atoms with Gasteiger partial charge in [-0.25, -0.2) is 0 Å². The van der Waals surface area contributed by atoms with E-state index in [0.29, 0.717) is 19.8 Å².